The van der Waals surface area contributed by atoms with E-state index in [-0.39, 0.29) is 5.78 Å². The molecule has 0 bridgehead atoms. The van der Waals surface area contributed by atoms with Crippen molar-refractivity contribution in [3.05, 3.63) is 21.9 Å². The van der Waals surface area contributed by atoms with E-state index >= 15 is 0 Å². The second-order valence-electron chi connectivity index (χ2n) is 4.21. The zero-order valence-corrected chi connectivity index (χ0v) is 9.98. The first-order valence-electron chi connectivity index (χ1n) is 5.56. The number of hydrogen-bond donors (Lipinski definition) is 0. The number of likely N-dealkylation sites (tertiary alicyclic amines) is 1. The molecule has 0 amide bonds. The molecular weight excluding hydrogens is 206 g/mol. The van der Waals surface area contributed by atoms with E-state index in [1.807, 2.05) is 6.07 Å². The molecule has 1 aliphatic heterocycles. The van der Waals surface area contributed by atoms with Crippen molar-refractivity contribution in [2.45, 2.75) is 32.7 Å². The Kier molecular flexibility index (Phi) is 3.54. The summed E-state index contributed by atoms with van der Waals surface area (Å²) in [5.74, 6) is 0.185. The Balaban J connectivity index is 1.94. The van der Waals surface area contributed by atoms with E-state index < -0.39 is 0 Å². The van der Waals surface area contributed by atoms with E-state index in [9.17, 15) is 4.79 Å². The van der Waals surface area contributed by atoms with Gasteiger partial charge >= 0.3 is 0 Å². The number of Topliss-reactive ketones (excluding diaryl/α,β-unsaturated/α-hetero) is 1. The minimum Gasteiger partial charge on any atom is -0.299 e. The maximum absolute atomic E-state index is 11.1. The molecule has 3 heteroatoms. The summed E-state index contributed by atoms with van der Waals surface area (Å²) in [6.07, 6.45) is 4.02. The van der Waals surface area contributed by atoms with Gasteiger partial charge in [-0.25, -0.2) is 0 Å². The molecule has 1 aromatic rings. The number of hydrogen-bond acceptors (Lipinski definition) is 3. The molecule has 1 aromatic heterocycles. The maximum atomic E-state index is 11.1. The van der Waals surface area contributed by atoms with Crippen molar-refractivity contribution in [2.24, 2.45) is 0 Å². The summed E-state index contributed by atoms with van der Waals surface area (Å²) in [6.45, 7) is 5.08. The first kappa shape index (κ1) is 10.8. The first-order valence-corrected chi connectivity index (χ1v) is 6.44. The second-order valence-corrected chi connectivity index (χ2v) is 5.12. The number of carbonyl (C=O) groups excluding carboxylic acids is 1. The molecule has 2 nitrogen and oxygen atoms in total. The molecule has 0 saturated carbocycles. The van der Waals surface area contributed by atoms with Gasteiger partial charge in [-0.15, -0.1) is 11.3 Å². The largest absolute Gasteiger partial charge is 0.299 e. The lowest BCUT2D eigenvalue weighted by Crippen LogP contribution is -2.28. The lowest BCUT2D eigenvalue weighted by molar-refractivity contribution is 0.102. The van der Waals surface area contributed by atoms with E-state index in [1.54, 1.807) is 18.3 Å². The number of rotatable bonds is 3. The van der Waals surface area contributed by atoms with Crippen LogP contribution in [0.1, 0.15) is 41.4 Å². The van der Waals surface area contributed by atoms with Crippen LogP contribution in [0, 0.1) is 0 Å². The minimum absolute atomic E-state index is 0.185. The summed E-state index contributed by atoms with van der Waals surface area (Å²) < 4.78 is 0. The number of nitrogens with zero attached hydrogens (tertiary/aromatic N) is 1. The van der Waals surface area contributed by atoms with Gasteiger partial charge < -0.3 is 0 Å². The van der Waals surface area contributed by atoms with Gasteiger partial charge in [-0.05, 0) is 49.9 Å². The molecule has 0 N–H and O–H groups in total. The number of thiophene rings is 1. The first-order chi connectivity index (χ1) is 7.25. The van der Waals surface area contributed by atoms with Crippen LogP contribution >= 0.6 is 11.3 Å². The van der Waals surface area contributed by atoms with E-state index in [0.717, 1.165) is 11.4 Å². The molecular formula is C12H17NOS. The highest BCUT2D eigenvalue weighted by molar-refractivity contribution is 7.12. The molecule has 1 saturated heterocycles. The van der Waals surface area contributed by atoms with Crippen LogP contribution in [-0.4, -0.2) is 23.8 Å². The zero-order valence-electron chi connectivity index (χ0n) is 9.16. The van der Waals surface area contributed by atoms with Crippen LogP contribution in [-0.2, 0) is 6.54 Å². The summed E-state index contributed by atoms with van der Waals surface area (Å²) in [5.41, 5.74) is 1.30. The van der Waals surface area contributed by atoms with E-state index in [4.69, 9.17) is 0 Å². The van der Waals surface area contributed by atoms with Crippen molar-refractivity contribution in [1.29, 1.82) is 0 Å². The summed E-state index contributed by atoms with van der Waals surface area (Å²) in [6, 6.07) is 2.04. The summed E-state index contributed by atoms with van der Waals surface area (Å²) in [5, 5.41) is 2.12. The van der Waals surface area contributed by atoms with Gasteiger partial charge in [0.25, 0.3) is 0 Å². The molecule has 15 heavy (non-hydrogen) atoms. The van der Waals surface area contributed by atoms with Crippen LogP contribution < -0.4 is 0 Å². The summed E-state index contributed by atoms with van der Waals surface area (Å²) in [4.78, 5) is 14.5. The fourth-order valence-corrected chi connectivity index (χ4v) is 2.83. The predicted molar refractivity (Wildman–Crippen MR) is 63.5 cm³/mol. The molecule has 0 aromatic carbocycles. The molecule has 0 radical (unpaired) electrons. The van der Waals surface area contributed by atoms with Gasteiger partial charge in [-0.2, -0.15) is 0 Å². The van der Waals surface area contributed by atoms with Gasteiger partial charge in [-0.3, -0.25) is 9.69 Å². The van der Waals surface area contributed by atoms with Gasteiger partial charge in [0.1, 0.15) is 0 Å². The van der Waals surface area contributed by atoms with Gasteiger partial charge in [0.2, 0.25) is 0 Å². The Hall–Kier alpha value is -0.670. The van der Waals surface area contributed by atoms with Gasteiger partial charge in [-0.1, -0.05) is 6.42 Å². The van der Waals surface area contributed by atoms with Gasteiger partial charge in [0.15, 0.2) is 5.78 Å². The summed E-state index contributed by atoms with van der Waals surface area (Å²) in [7, 11) is 0. The molecule has 1 fully saturated rings. The molecule has 1 aliphatic rings. The average Bonchev–Trinajstić information content (AvgIpc) is 2.68. The Labute approximate surface area is 94.9 Å². The van der Waals surface area contributed by atoms with Gasteiger partial charge in [0, 0.05) is 6.54 Å². The van der Waals surface area contributed by atoms with E-state index in [1.165, 1.54) is 37.9 Å². The Morgan fingerprint density at radius 1 is 1.40 bits per heavy atom. The standard InChI is InChI=1S/C12H17NOS/c1-10(14)12-7-11(9-15-12)8-13-5-3-2-4-6-13/h7,9H,2-6,8H2,1H3. The zero-order chi connectivity index (χ0) is 10.7. The molecule has 0 unspecified atom stereocenters. The Morgan fingerprint density at radius 3 is 2.73 bits per heavy atom. The van der Waals surface area contributed by atoms with Crippen molar-refractivity contribution in [2.75, 3.05) is 13.1 Å². The van der Waals surface area contributed by atoms with Crippen molar-refractivity contribution < 1.29 is 4.79 Å². The van der Waals surface area contributed by atoms with Crippen LogP contribution in [0.15, 0.2) is 11.4 Å². The molecule has 2 heterocycles. The van der Waals surface area contributed by atoms with E-state index in [2.05, 4.69) is 10.3 Å². The number of ketones is 1. The average molecular weight is 223 g/mol. The van der Waals surface area contributed by atoms with Crippen LogP contribution in [0.5, 0.6) is 0 Å². The van der Waals surface area contributed by atoms with Crippen LogP contribution in [0.25, 0.3) is 0 Å². The van der Waals surface area contributed by atoms with Crippen molar-refractivity contribution in [1.82, 2.24) is 4.90 Å². The Morgan fingerprint density at radius 2 is 2.13 bits per heavy atom. The summed E-state index contributed by atoms with van der Waals surface area (Å²) >= 11 is 1.57. The van der Waals surface area contributed by atoms with Crippen molar-refractivity contribution in [3.63, 3.8) is 0 Å². The second kappa shape index (κ2) is 4.90. The number of piperidine rings is 1. The third kappa shape index (κ3) is 2.89. The molecule has 82 valence electrons. The van der Waals surface area contributed by atoms with Gasteiger partial charge in [0.05, 0.1) is 4.88 Å². The quantitative estimate of drug-likeness (QED) is 0.734. The van der Waals surface area contributed by atoms with Crippen LogP contribution in [0.2, 0.25) is 0 Å². The normalized spacial score (nSPS) is 17.9. The fourth-order valence-electron chi connectivity index (χ4n) is 2.02. The highest BCUT2D eigenvalue weighted by atomic mass is 32.1. The van der Waals surface area contributed by atoms with Crippen molar-refractivity contribution in [3.8, 4) is 0 Å². The topological polar surface area (TPSA) is 20.3 Å². The monoisotopic (exact) mass is 223 g/mol. The lowest BCUT2D eigenvalue weighted by Gasteiger charge is -2.25. The third-order valence-corrected chi connectivity index (χ3v) is 3.94. The SMILES string of the molecule is CC(=O)c1cc(CN2CCCCC2)cs1. The molecule has 0 aliphatic carbocycles. The van der Waals surface area contributed by atoms with Crippen LogP contribution in [0.4, 0.5) is 0 Å². The minimum atomic E-state index is 0.185. The molecule has 0 spiro atoms. The molecule has 0 atom stereocenters. The third-order valence-electron chi connectivity index (χ3n) is 2.86. The van der Waals surface area contributed by atoms with Crippen molar-refractivity contribution >= 4 is 17.1 Å². The predicted octanol–water partition coefficient (Wildman–Crippen LogP) is 2.94. The van der Waals surface area contributed by atoms with E-state index in [0.29, 0.717) is 0 Å². The maximum Gasteiger partial charge on any atom is 0.169 e. The number of carbonyl (C=O) groups is 1. The lowest BCUT2D eigenvalue weighted by atomic mass is 10.1. The smallest absolute Gasteiger partial charge is 0.169 e. The molecule has 2 rings (SSSR count). The van der Waals surface area contributed by atoms with Crippen LogP contribution in [0.3, 0.4) is 0 Å². The fraction of sp³-hybridized carbons (Fsp3) is 0.583. The highest BCUT2D eigenvalue weighted by Gasteiger charge is 2.12. The Bertz CT molecular complexity index is 339. The highest BCUT2D eigenvalue weighted by Crippen LogP contribution is 2.18.